The molecule has 0 aliphatic heterocycles. The quantitative estimate of drug-likeness (QED) is 0.145. The van der Waals surface area contributed by atoms with Gasteiger partial charge >= 0.3 is 11.9 Å². The van der Waals surface area contributed by atoms with Gasteiger partial charge in [-0.3, -0.25) is 9.59 Å². The first-order valence-corrected chi connectivity index (χ1v) is 10.2. The fourth-order valence-corrected chi connectivity index (χ4v) is 2.35. The Morgan fingerprint density at radius 2 is 1.44 bits per heavy atom. The fourth-order valence-electron chi connectivity index (χ4n) is 2.22. The normalized spacial score (nSPS) is 11.2. The molecule has 0 radical (unpaired) electrons. The van der Waals surface area contributed by atoms with Crippen molar-refractivity contribution in [1.29, 1.82) is 0 Å². The molecule has 0 aromatic carbocycles. The second kappa shape index (κ2) is 18.1. The number of alkyl halides is 2. The van der Waals surface area contributed by atoms with Crippen LogP contribution in [0.5, 0.6) is 0 Å². The molecule has 0 aliphatic rings. The minimum Gasteiger partial charge on any atom is -0.463 e. The molecule has 0 heterocycles. The van der Waals surface area contributed by atoms with E-state index in [2.05, 4.69) is 13.0 Å². The molecule has 0 saturated heterocycles. The molecule has 0 saturated carbocycles. The van der Waals surface area contributed by atoms with E-state index in [-0.39, 0.29) is 25.4 Å². The van der Waals surface area contributed by atoms with Crippen molar-refractivity contribution >= 4 is 35.1 Å². The van der Waals surface area contributed by atoms with Gasteiger partial charge in [0.15, 0.2) is 0 Å². The third kappa shape index (κ3) is 19.4. The molecular formula is C19H32Cl2O4. The Bertz CT molecular complexity index is 370. The molecule has 146 valence electrons. The van der Waals surface area contributed by atoms with Crippen LogP contribution in [-0.4, -0.2) is 30.0 Å². The van der Waals surface area contributed by atoms with Crippen molar-refractivity contribution in [3.8, 4) is 0 Å². The number of hydrogen-bond acceptors (Lipinski definition) is 4. The van der Waals surface area contributed by atoms with Crippen LogP contribution in [0.3, 0.4) is 0 Å². The van der Waals surface area contributed by atoms with Crippen LogP contribution in [0.4, 0.5) is 0 Å². The summed E-state index contributed by atoms with van der Waals surface area (Å²) in [4.78, 5) is 22.1. The Balaban J connectivity index is 3.41. The van der Waals surface area contributed by atoms with Crippen LogP contribution in [0.2, 0.25) is 0 Å². The van der Waals surface area contributed by atoms with Gasteiger partial charge in [0.05, 0.1) is 0 Å². The Morgan fingerprint density at radius 3 is 2.08 bits per heavy atom. The Morgan fingerprint density at radius 1 is 0.840 bits per heavy atom. The van der Waals surface area contributed by atoms with Crippen LogP contribution in [-0.2, 0) is 19.1 Å². The van der Waals surface area contributed by atoms with Gasteiger partial charge in [0.1, 0.15) is 18.1 Å². The average molecular weight is 395 g/mol. The van der Waals surface area contributed by atoms with Crippen LogP contribution in [0.15, 0.2) is 12.2 Å². The standard InChI is InChI=1S/C19H32Cl2O4/c1-2-3-4-5-6-7-8-9-10-11-15-24-18(22)13-12-14-19(23)25-16-17(20)21/h10-11,17H,2-9,12-16H2,1H3/b11-10+. The highest BCUT2D eigenvalue weighted by Crippen LogP contribution is 2.08. The predicted octanol–water partition coefficient (Wildman–Crippen LogP) is 5.74. The largest absolute Gasteiger partial charge is 0.463 e. The van der Waals surface area contributed by atoms with Gasteiger partial charge in [-0.25, -0.2) is 0 Å². The number of rotatable bonds is 16. The van der Waals surface area contributed by atoms with Crippen molar-refractivity contribution in [2.45, 2.75) is 82.4 Å². The number of hydrogen-bond donors (Lipinski definition) is 0. The highest BCUT2D eigenvalue weighted by Gasteiger charge is 2.08. The van der Waals surface area contributed by atoms with Crippen LogP contribution >= 0.6 is 23.2 Å². The second-order valence-electron chi connectivity index (χ2n) is 5.99. The molecule has 0 bridgehead atoms. The fraction of sp³-hybridized carbons (Fsp3) is 0.789. The second-order valence-corrected chi connectivity index (χ2v) is 7.27. The van der Waals surface area contributed by atoms with Crippen LogP contribution in [0, 0.1) is 0 Å². The van der Waals surface area contributed by atoms with Crippen molar-refractivity contribution in [2.24, 2.45) is 0 Å². The Labute approximate surface area is 162 Å². The lowest BCUT2D eigenvalue weighted by atomic mass is 10.1. The summed E-state index contributed by atoms with van der Waals surface area (Å²) in [6, 6.07) is 0. The minimum atomic E-state index is -0.721. The molecular weight excluding hydrogens is 363 g/mol. The summed E-state index contributed by atoms with van der Waals surface area (Å²) in [6.45, 7) is 2.49. The van der Waals surface area contributed by atoms with Gasteiger partial charge in [0.2, 0.25) is 0 Å². The molecule has 0 fully saturated rings. The van der Waals surface area contributed by atoms with Gasteiger partial charge in [-0.05, 0) is 19.3 Å². The molecule has 6 heteroatoms. The van der Waals surface area contributed by atoms with E-state index < -0.39 is 10.8 Å². The molecule has 0 amide bonds. The first-order valence-electron chi connectivity index (χ1n) is 9.30. The van der Waals surface area contributed by atoms with Crippen LogP contribution < -0.4 is 0 Å². The average Bonchev–Trinajstić information content (AvgIpc) is 2.58. The smallest absolute Gasteiger partial charge is 0.306 e. The molecule has 25 heavy (non-hydrogen) atoms. The van der Waals surface area contributed by atoms with Crippen molar-refractivity contribution < 1.29 is 19.1 Å². The van der Waals surface area contributed by atoms with E-state index in [9.17, 15) is 9.59 Å². The molecule has 0 N–H and O–H groups in total. The lowest BCUT2D eigenvalue weighted by Gasteiger charge is -2.05. The first kappa shape index (κ1) is 24.3. The maximum atomic E-state index is 11.5. The summed E-state index contributed by atoms with van der Waals surface area (Å²) < 4.78 is 9.87. The van der Waals surface area contributed by atoms with Gasteiger partial charge < -0.3 is 9.47 Å². The first-order chi connectivity index (χ1) is 12.1. The highest BCUT2D eigenvalue weighted by atomic mass is 35.5. The van der Waals surface area contributed by atoms with Crippen molar-refractivity contribution in [3.05, 3.63) is 12.2 Å². The summed E-state index contributed by atoms with van der Waals surface area (Å²) in [5.74, 6) is -0.713. The van der Waals surface area contributed by atoms with Crippen LogP contribution in [0.1, 0.15) is 77.6 Å². The molecule has 0 unspecified atom stereocenters. The van der Waals surface area contributed by atoms with E-state index in [1.165, 1.54) is 44.9 Å². The zero-order valence-electron chi connectivity index (χ0n) is 15.3. The molecule has 0 rings (SSSR count). The minimum absolute atomic E-state index is 0.0318. The third-order valence-electron chi connectivity index (χ3n) is 3.61. The van der Waals surface area contributed by atoms with E-state index in [1.54, 1.807) is 0 Å². The lowest BCUT2D eigenvalue weighted by Crippen LogP contribution is -2.11. The van der Waals surface area contributed by atoms with Gasteiger partial charge in [-0.2, -0.15) is 0 Å². The molecule has 0 atom stereocenters. The number of ether oxygens (including phenoxy) is 2. The number of unbranched alkanes of at least 4 members (excludes halogenated alkanes) is 7. The number of halogens is 2. The van der Waals surface area contributed by atoms with Gasteiger partial charge in [0.25, 0.3) is 0 Å². The molecule has 0 aliphatic carbocycles. The van der Waals surface area contributed by atoms with E-state index in [0.717, 1.165) is 6.42 Å². The Kier molecular flexibility index (Phi) is 17.5. The zero-order chi connectivity index (χ0) is 18.8. The Hall–Kier alpha value is -0.740. The highest BCUT2D eigenvalue weighted by molar-refractivity contribution is 6.44. The number of allylic oxidation sites excluding steroid dienone is 1. The van der Waals surface area contributed by atoms with Gasteiger partial charge in [0, 0.05) is 12.8 Å². The third-order valence-corrected chi connectivity index (χ3v) is 3.87. The summed E-state index contributed by atoms with van der Waals surface area (Å²) in [5.41, 5.74) is 0. The summed E-state index contributed by atoms with van der Waals surface area (Å²) in [6.07, 6.45) is 14.8. The topological polar surface area (TPSA) is 52.6 Å². The van der Waals surface area contributed by atoms with Crippen molar-refractivity contribution in [2.75, 3.05) is 13.2 Å². The molecule has 0 aromatic rings. The number of carbonyl (C=O) groups is 2. The van der Waals surface area contributed by atoms with Crippen molar-refractivity contribution in [3.63, 3.8) is 0 Å². The van der Waals surface area contributed by atoms with Crippen LogP contribution in [0.25, 0.3) is 0 Å². The van der Waals surface area contributed by atoms with Gasteiger partial charge in [-0.1, -0.05) is 57.6 Å². The summed E-state index contributed by atoms with van der Waals surface area (Å²) in [5, 5.41) is 0. The molecule has 0 spiro atoms. The van der Waals surface area contributed by atoms with Gasteiger partial charge in [-0.15, -0.1) is 23.2 Å². The molecule has 4 nitrogen and oxygen atoms in total. The lowest BCUT2D eigenvalue weighted by molar-refractivity contribution is -0.144. The number of esters is 2. The van der Waals surface area contributed by atoms with Crippen molar-refractivity contribution in [1.82, 2.24) is 0 Å². The van der Waals surface area contributed by atoms with E-state index in [0.29, 0.717) is 13.0 Å². The predicted molar refractivity (Wildman–Crippen MR) is 103 cm³/mol. The van der Waals surface area contributed by atoms with E-state index in [1.807, 2.05) is 6.08 Å². The zero-order valence-corrected chi connectivity index (χ0v) is 16.8. The van der Waals surface area contributed by atoms with E-state index >= 15 is 0 Å². The summed E-state index contributed by atoms with van der Waals surface area (Å²) >= 11 is 10.9. The maximum Gasteiger partial charge on any atom is 0.306 e. The molecule has 0 aromatic heterocycles. The number of carbonyl (C=O) groups excluding carboxylic acids is 2. The van der Waals surface area contributed by atoms with E-state index in [4.69, 9.17) is 32.7 Å². The monoisotopic (exact) mass is 394 g/mol. The SMILES string of the molecule is CCCCCCCCC/C=C/COC(=O)CCCC(=O)OCC(Cl)Cl. The maximum absolute atomic E-state index is 11.5. The summed E-state index contributed by atoms with van der Waals surface area (Å²) in [7, 11) is 0.